The first kappa shape index (κ1) is 15.8. The molecular weight excluding hydrogens is 283 g/mol. The molecule has 1 aromatic carbocycles. The van der Waals surface area contributed by atoms with E-state index in [1.807, 2.05) is 30.3 Å². The van der Waals surface area contributed by atoms with Crippen molar-refractivity contribution in [2.45, 2.75) is 25.4 Å². The Morgan fingerprint density at radius 2 is 1.95 bits per heavy atom. The zero-order valence-electron chi connectivity index (χ0n) is 11.6. The Hall–Kier alpha value is -1.56. The highest BCUT2D eigenvalue weighted by molar-refractivity contribution is 5.76. The van der Waals surface area contributed by atoms with Gasteiger partial charge in [0.15, 0.2) is 5.41 Å². The van der Waals surface area contributed by atoms with Crippen molar-refractivity contribution in [3.8, 4) is 0 Å². The van der Waals surface area contributed by atoms with Gasteiger partial charge in [0.1, 0.15) is 0 Å². The van der Waals surface area contributed by atoms with Gasteiger partial charge in [-0.25, -0.2) is 0 Å². The van der Waals surface area contributed by atoms with Gasteiger partial charge in [0.2, 0.25) is 0 Å². The van der Waals surface area contributed by atoms with E-state index in [-0.39, 0.29) is 13.0 Å². The summed E-state index contributed by atoms with van der Waals surface area (Å²) < 4.78 is 39.1. The fourth-order valence-electron chi connectivity index (χ4n) is 2.76. The first-order valence-electron chi connectivity index (χ1n) is 6.91. The van der Waals surface area contributed by atoms with Crippen LogP contribution in [0.25, 0.3) is 0 Å². The summed E-state index contributed by atoms with van der Waals surface area (Å²) in [6, 6.07) is 9.70. The molecule has 3 nitrogen and oxygen atoms in total. The van der Waals surface area contributed by atoms with Crippen molar-refractivity contribution in [1.82, 2.24) is 4.90 Å². The lowest BCUT2D eigenvalue weighted by atomic mass is 9.86. The molecule has 1 fully saturated rings. The number of carbonyl (C=O) groups is 1. The number of hydrogen-bond acceptors (Lipinski definition) is 2. The van der Waals surface area contributed by atoms with Gasteiger partial charge in [-0.2, -0.15) is 13.2 Å². The minimum atomic E-state index is -4.70. The van der Waals surface area contributed by atoms with Crippen molar-refractivity contribution in [2.24, 2.45) is 5.41 Å². The monoisotopic (exact) mass is 301 g/mol. The van der Waals surface area contributed by atoms with Crippen LogP contribution >= 0.6 is 0 Å². The summed E-state index contributed by atoms with van der Waals surface area (Å²) in [4.78, 5) is 12.7. The molecule has 1 aliphatic heterocycles. The lowest BCUT2D eigenvalue weighted by Gasteiger charge is -2.27. The highest BCUT2D eigenvalue weighted by Gasteiger charge is 2.63. The van der Waals surface area contributed by atoms with E-state index in [0.717, 1.165) is 18.4 Å². The summed E-state index contributed by atoms with van der Waals surface area (Å²) in [6.07, 6.45) is -3.56. The number of alkyl halides is 3. The van der Waals surface area contributed by atoms with Crippen molar-refractivity contribution in [3.63, 3.8) is 0 Å². The van der Waals surface area contributed by atoms with E-state index < -0.39 is 24.1 Å². The molecule has 1 unspecified atom stereocenters. The summed E-state index contributed by atoms with van der Waals surface area (Å²) in [7, 11) is 0. The van der Waals surface area contributed by atoms with E-state index in [0.29, 0.717) is 6.54 Å². The molecule has 0 aliphatic carbocycles. The van der Waals surface area contributed by atoms with E-state index in [2.05, 4.69) is 0 Å². The molecule has 6 heteroatoms. The van der Waals surface area contributed by atoms with Crippen LogP contribution in [0.4, 0.5) is 13.2 Å². The van der Waals surface area contributed by atoms with Gasteiger partial charge in [-0.3, -0.25) is 4.79 Å². The number of nitrogens with zero attached hydrogens (tertiary/aromatic N) is 1. The molecule has 1 heterocycles. The first-order valence-corrected chi connectivity index (χ1v) is 6.91. The highest BCUT2D eigenvalue weighted by atomic mass is 19.4. The van der Waals surface area contributed by atoms with Crippen molar-refractivity contribution in [2.75, 3.05) is 19.6 Å². The predicted molar refractivity (Wildman–Crippen MR) is 71.9 cm³/mol. The fraction of sp³-hybridized carbons (Fsp3) is 0.533. The Balaban J connectivity index is 1.89. The van der Waals surface area contributed by atoms with Crippen LogP contribution in [0.5, 0.6) is 0 Å². The average Bonchev–Trinajstić information content (AvgIpc) is 2.85. The molecule has 1 atom stereocenters. The zero-order chi connectivity index (χ0) is 15.5. The van der Waals surface area contributed by atoms with Crippen LogP contribution in [0, 0.1) is 5.41 Å². The Bertz CT molecular complexity index is 489. The standard InChI is InChI=1S/C15H18F3NO2/c16-15(17,18)14(13(20)21)8-10-19(11-14)9-4-7-12-5-2-1-3-6-12/h1-3,5-6H,4,7-11H2,(H,20,21). The molecule has 1 aliphatic rings. The molecule has 0 bridgehead atoms. The Kier molecular flexibility index (Phi) is 4.56. The number of carboxylic acids is 1. The molecule has 2 rings (SSSR count). The molecule has 116 valence electrons. The fourth-order valence-corrected chi connectivity index (χ4v) is 2.76. The number of likely N-dealkylation sites (tertiary alicyclic amines) is 1. The van der Waals surface area contributed by atoms with E-state index in [9.17, 15) is 18.0 Å². The summed E-state index contributed by atoms with van der Waals surface area (Å²) in [5, 5.41) is 8.97. The van der Waals surface area contributed by atoms with Crippen LogP contribution in [0.1, 0.15) is 18.4 Å². The van der Waals surface area contributed by atoms with Crippen molar-refractivity contribution >= 4 is 5.97 Å². The van der Waals surface area contributed by atoms with Crippen LogP contribution in [0.15, 0.2) is 30.3 Å². The molecule has 1 N–H and O–H groups in total. The molecule has 0 radical (unpaired) electrons. The number of carboxylic acid groups (broad SMARTS) is 1. The summed E-state index contributed by atoms with van der Waals surface area (Å²) in [5.41, 5.74) is -1.46. The van der Waals surface area contributed by atoms with Gasteiger partial charge in [-0.1, -0.05) is 30.3 Å². The molecule has 0 amide bonds. The van der Waals surface area contributed by atoms with Gasteiger partial charge in [0, 0.05) is 6.54 Å². The maximum absolute atomic E-state index is 13.0. The lowest BCUT2D eigenvalue weighted by Crippen LogP contribution is -2.47. The summed E-state index contributed by atoms with van der Waals surface area (Å²) >= 11 is 0. The van der Waals surface area contributed by atoms with Crippen molar-refractivity contribution in [1.29, 1.82) is 0 Å². The van der Waals surface area contributed by atoms with Gasteiger partial charge >= 0.3 is 12.1 Å². The average molecular weight is 301 g/mol. The van der Waals surface area contributed by atoms with Gasteiger partial charge < -0.3 is 10.0 Å². The maximum Gasteiger partial charge on any atom is 0.406 e. The molecule has 0 spiro atoms. The second-order valence-corrected chi connectivity index (χ2v) is 5.50. The van der Waals surface area contributed by atoms with E-state index in [1.165, 1.54) is 0 Å². The quantitative estimate of drug-likeness (QED) is 0.909. The number of rotatable bonds is 5. The number of halogens is 3. The number of aryl methyl sites for hydroxylation is 1. The minimum absolute atomic E-state index is 0.181. The largest absolute Gasteiger partial charge is 0.481 e. The molecule has 0 aromatic heterocycles. The molecule has 1 aromatic rings. The lowest BCUT2D eigenvalue weighted by molar-refractivity contribution is -0.227. The second kappa shape index (κ2) is 6.05. The predicted octanol–water partition coefficient (Wildman–Crippen LogP) is 2.96. The number of hydrogen-bond donors (Lipinski definition) is 1. The number of benzene rings is 1. The third-order valence-corrected chi connectivity index (χ3v) is 4.08. The molecule has 1 saturated heterocycles. The third-order valence-electron chi connectivity index (χ3n) is 4.08. The van der Waals surface area contributed by atoms with E-state index in [4.69, 9.17) is 5.11 Å². The van der Waals surface area contributed by atoms with Crippen LogP contribution in [0.2, 0.25) is 0 Å². The van der Waals surface area contributed by atoms with E-state index >= 15 is 0 Å². The van der Waals surface area contributed by atoms with Gasteiger partial charge in [-0.05, 0) is 37.9 Å². The van der Waals surface area contributed by atoms with Gasteiger partial charge in [0.25, 0.3) is 0 Å². The smallest absolute Gasteiger partial charge is 0.406 e. The Labute approximate surface area is 121 Å². The normalized spacial score (nSPS) is 23.4. The van der Waals surface area contributed by atoms with Gasteiger partial charge in [-0.15, -0.1) is 0 Å². The first-order chi connectivity index (χ1) is 9.85. The molecular formula is C15H18F3NO2. The zero-order valence-corrected chi connectivity index (χ0v) is 11.6. The third kappa shape index (κ3) is 3.37. The number of aliphatic carboxylic acids is 1. The highest BCUT2D eigenvalue weighted by Crippen LogP contribution is 2.45. The van der Waals surface area contributed by atoms with Crippen LogP contribution in [0.3, 0.4) is 0 Å². The minimum Gasteiger partial charge on any atom is -0.481 e. The second-order valence-electron chi connectivity index (χ2n) is 5.50. The summed E-state index contributed by atoms with van der Waals surface area (Å²) in [5.74, 6) is -1.76. The van der Waals surface area contributed by atoms with Crippen LogP contribution in [-0.4, -0.2) is 41.8 Å². The van der Waals surface area contributed by atoms with Crippen molar-refractivity contribution < 1.29 is 23.1 Å². The SMILES string of the molecule is O=C(O)C1(C(F)(F)F)CCN(CCCc2ccccc2)C1. The molecule has 0 saturated carbocycles. The van der Waals surface area contributed by atoms with Crippen molar-refractivity contribution in [3.05, 3.63) is 35.9 Å². The van der Waals surface area contributed by atoms with E-state index in [1.54, 1.807) is 4.90 Å². The van der Waals surface area contributed by atoms with Gasteiger partial charge in [0.05, 0.1) is 0 Å². The van der Waals surface area contributed by atoms with Crippen LogP contribution in [-0.2, 0) is 11.2 Å². The summed E-state index contributed by atoms with van der Waals surface area (Å²) in [6.45, 7) is 0.223. The Morgan fingerprint density at radius 1 is 1.29 bits per heavy atom. The Morgan fingerprint density at radius 3 is 2.48 bits per heavy atom. The topological polar surface area (TPSA) is 40.5 Å². The molecule has 21 heavy (non-hydrogen) atoms. The van der Waals surface area contributed by atoms with Crippen LogP contribution < -0.4 is 0 Å². The maximum atomic E-state index is 13.0.